The molecule has 0 saturated carbocycles. The quantitative estimate of drug-likeness (QED) is 0.765. The maximum Gasteiger partial charge on any atom is 0.271 e. The van der Waals surface area contributed by atoms with Gasteiger partial charge in [-0.05, 0) is 13.3 Å². The predicted molar refractivity (Wildman–Crippen MR) is 70.5 cm³/mol. The lowest BCUT2D eigenvalue weighted by atomic mass is 10.1. The van der Waals surface area contributed by atoms with Crippen LogP contribution < -0.4 is 11.1 Å². The van der Waals surface area contributed by atoms with Crippen LogP contribution in [-0.4, -0.2) is 46.1 Å². The van der Waals surface area contributed by atoms with E-state index in [1.54, 1.807) is 25.9 Å². The second-order valence-electron chi connectivity index (χ2n) is 4.95. The molecule has 104 valence electrons. The maximum absolute atomic E-state index is 12.2. The molecular weight excluding hydrogens is 246 g/mol. The predicted octanol–water partition coefficient (Wildman–Crippen LogP) is -0.339. The topological polar surface area (TPSA) is 93.2 Å². The van der Waals surface area contributed by atoms with Crippen LogP contribution in [0.5, 0.6) is 0 Å². The van der Waals surface area contributed by atoms with Gasteiger partial charge in [0.1, 0.15) is 5.69 Å². The van der Waals surface area contributed by atoms with Gasteiger partial charge in [0.15, 0.2) is 0 Å². The van der Waals surface area contributed by atoms with Crippen molar-refractivity contribution in [1.29, 1.82) is 0 Å². The Morgan fingerprint density at radius 2 is 2.16 bits per heavy atom. The molecule has 19 heavy (non-hydrogen) atoms. The molecule has 0 aromatic carbocycles. The molecule has 7 heteroatoms. The molecule has 0 radical (unpaired) electrons. The molecule has 1 fully saturated rings. The Balaban J connectivity index is 2.07. The third-order valence-corrected chi connectivity index (χ3v) is 3.45. The van der Waals surface area contributed by atoms with Crippen molar-refractivity contribution in [3.05, 3.63) is 11.4 Å². The van der Waals surface area contributed by atoms with Crippen molar-refractivity contribution in [2.24, 2.45) is 7.05 Å². The van der Waals surface area contributed by atoms with Crippen LogP contribution >= 0.6 is 0 Å². The Kier molecular flexibility index (Phi) is 3.46. The molecule has 3 N–H and O–H groups in total. The zero-order valence-corrected chi connectivity index (χ0v) is 11.4. The number of nitrogens with zero attached hydrogens (tertiary/aromatic N) is 3. The molecule has 2 rings (SSSR count). The number of aromatic nitrogens is 2. The number of likely N-dealkylation sites (tertiary alicyclic amines) is 1. The Bertz CT molecular complexity index is 522. The number of anilines is 1. The van der Waals surface area contributed by atoms with E-state index in [0.29, 0.717) is 36.5 Å². The third kappa shape index (κ3) is 2.54. The minimum Gasteiger partial charge on any atom is -0.395 e. The molecule has 1 aromatic rings. The Labute approximate surface area is 111 Å². The van der Waals surface area contributed by atoms with Crippen LogP contribution in [0.25, 0.3) is 0 Å². The first-order valence-corrected chi connectivity index (χ1v) is 6.24. The minimum absolute atomic E-state index is 0.0372. The van der Waals surface area contributed by atoms with Gasteiger partial charge in [-0.25, -0.2) is 0 Å². The SMILES string of the molecule is Cc1nn(C)c(C(=O)NC2CCC(=O)N(C)C2)c1N. The van der Waals surface area contributed by atoms with Crippen LogP contribution in [0, 0.1) is 6.92 Å². The molecule has 1 saturated heterocycles. The number of rotatable bonds is 2. The van der Waals surface area contributed by atoms with Crippen molar-refractivity contribution < 1.29 is 9.59 Å². The van der Waals surface area contributed by atoms with Crippen molar-refractivity contribution in [3.8, 4) is 0 Å². The number of carbonyl (C=O) groups is 2. The lowest BCUT2D eigenvalue weighted by Crippen LogP contribution is -2.48. The minimum atomic E-state index is -0.242. The highest BCUT2D eigenvalue weighted by atomic mass is 16.2. The summed E-state index contributed by atoms with van der Waals surface area (Å²) in [6.07, 6.45) is 1.12. The second-order valence-corrected chi connectivity index (χ2v) is 4.95. The van der Waals surface area contributed by atoms with Crippen molar-refractivity contribution in [2.75, 3.05) is 19.3 Å². The van der Waals surface area contributed by atoms with Gasteiger partial charge in [0, 0.05) is 33.1 Å². The largest absolute Gasteiger partial charge is 0.395 e. The highest BCUT2D eigenvalue weighted by Gasteiger charge is 2.26. The van der Waals surface area contributed by atoms with E-state index in [1.807, 2.05) is 0 Å². The fourth-order valence-electron chi connectivity index (χ4n) is 2.33. The molecule has 0 aliphatic carbocycles. The molecule has 1 unspecified atom stereocenters. The molecule has 2 heterocycles. The molecule has 2 amide bonds. The average Bonchev–Trinajstić information content (AvgIpc) is 2.58. The summed E-state index contributed by atoms with van der Waals surface area (Å²) in [7, 11) is 3.43. The summed E-state index contributed by atoms with van der Waals surface area (Å²) >= 11 is 0. The molecule has 0 bridgehead atoms. The van der Waals surface area contributed by atoms with E-state index in [9.17, 15) is 9.59 Å². The van der Waals surface area contributed by atoms with Gasteiger partial charge in [-0.2, -0.15) is 5.10 Å². The molecule has 1 aliphatic heterocycles. The van der Waals surface area contributed by atoms with E-state index in [0.717, 1.165) is 0 Å². The molecule has 1 aromatic heterocycles. The number of nitrogens with two attached hydrogens (primary N) is 1. The molecule has 1 atom stereocenters. The highest BCUT2D eigenvalue weighted by molar-refractivity contribution is 5.98. The van der Waals surface area contributed by atoms with Gasteiger partial charge in [-0.3, -0.25) is 14.3 Å². The average molecular weight is 265 g/mol. The summed E-state index contributed by atoms with van der Waals surface area (Å²) in [4.78, 5) is 25.2. The Hall–Kier alpha value is -2.05. The van der Waals surface area contributed by atoms with E-state index in [2.05, 4.69) is 10.4 Å². The van der Waals surface area contributed by atoms with Crippen LogP contribution in [0.1, 0.15) is 29.0 Å². The van der Waals surface area contributed by atoms with Crippen LogP contribution in [0.4, 0.5) is 5.69 Å². The van der Waals surface area contributed by atoms with Gasteiger partial charge in [0.25, 0.3) is 5.91 Å². The molecule has 0 spiro atoms. The van der Waals surface area contributed by atoms with Crippen molar-refractivity contribution in [1.82, 2.24) is 20.0 Å². The normalized spacial score (nSPS) is 19.6. The summed E-state index contributed by atoms with van der Waals surface area (Å²) in [5, 5.41) is 7.03. The number of nitrogens with one attached hydrogen (secondary N) is 1. The van der Waals surface area contributed by atoms with E-state index in [4.69, 9.17) is 5.73 Å². The summed E-state index contributed by atoms with van der Waals surface area (Å²) in [5.41, 5.74) is 7.27. The van der Waals surface area contributed by atoms with Crippen molar-refractivity contribution in [2.45, 2.75) is 25.8 Å². The zero-order chi connectivity index (χ0) is 14.2. The molecular formula is C12H19N5O2. The van der Waals surface area contributed by atoms with Gasteiger partial charge in [0.2, 0.25) is 5.91 Å². The number of piperidine rings is 1. The van der Waals surface area contributed by atoms with E-state index in [-0.39, 0.29) is 17.9 Å². The summed E-state index contributed by atoms with van der Waals surface area (Å²) in [6.45, 7) is 2.29. The lowest BCUT2D eigenvalue weighted by molar-refractivity contribution is -0.132. The number of hydrogen-bond acceptors (Lipinski definition) is 4. The fourth-order valence-corrected chi connectivity index (χ4v) is 2.33. The lowest BCUT2D eigenvalue weighted by Gasteiger charge is -2.30. The Morgan fingerprint density at radius 3 is 2.68 bits per heavy atom. The number of carbonyl (C=O) groups excluding carboxylic acids is 2. The van der Waals surface area contributed by atoms with E-state index in [1.165, 1.54) is 4.68 Å². The van der Waals surface area contributed by atoms with Gasteiger partial charge >= 0.3 is 0 Å². The van der Waals surface area contributed by atoms with Crippen LogP contribution in [0.3, 0.4) is 0 Å². The van der Waals surface area contributed by atoms with Gasteiger partial charge in [-0.15, -0.1) is 0 Å². The highest BCUT2D eigenvalue weighted by Crippen LogP contribution is 2.16. The summed E-state index contributed by atoms with van der Waals surface area (Å²) < 4.78 is 1.48. The van der Waals surface area contributed by atoms with Crippen molar-refractivity contribution >= 4 is 17.5 Å². The van der Waals surface area contributed by atoms with Gasteiger partial charge in [-0.1, -0.05) is 0 Å². The second kappa shape index (κ2) is 4.91. The van der Waals surface area contributed by atoms with Crippen molar-refractivity contribution in [3.63, 3.8) is 0 Å². The maximum atomic E-state index is 12.2. The van der Waals surface area contributed by atoms with E-state index < -0.39 is 0 Å². The smallest absolute Gasteiger partial charge is 0.271 e. The zero-order valence-electron chi connectivity index (χ0n) is 11.4. The van der Waals surface area contributed by atoms with E-state index >= 15 is 0 Å². The number of likely N-dealkylation sites (N-methyl/N-ethyl adjacent to an activating group) is 1. The summed E-state index contributed by atoms with van der Waals surface area (Å²) in [6, 6.07) is -0.0372. The number of nitrogen functional groups attached to an aromatic ring is 1. The number of aryl methyl sites for hydroxylation is 2. The van der Waals surface area contributed by atoms with Crippen LogP contribution in [0.15, 0.2) is 0 Å². The molecule has 1 aliphatic rings. The first-order valence-electron chi connectivity index (χ1n) is 6.24. The number of hydrogen-bond donors (Lipinski definition) is 2. The number of amides is 2. The Morgan fingerprint density at radius 1 is 1.47 bits per heavy atom. The van der Waals surface area contributed by atoms with Crippen LogP contribution in [0.2, 0.25) is 0 Å². The first kappa shape index (κ1) is 13.4. The van der Waals surface area contributed by atoms with Gasteiger partial charge in [0.05, 0.1) is 11.4 Å². The van der Waals surface area contributed by atoms with Crippen LogP contribution in [-0.2, 0) is 11.8 Å². The first-order chi connectivity index (χ1) is 8.90. The standard InChI is InChI=1S/C12H19N5O2/c1-7-10(13)11(17(3)15-7)12(19)14-8-4-5-9(18)16(2)6-8/h8H,4-6,13H2,1-3H3,(H,14,19). The molecule has 7 nitrogen and oxygen atoms in total. The van der Waals surface area contributed by atoms with Gasteiger partial charge < -0.3 is 16.0 Å². The third-order valence-electron chi connectivity index (χ3n) is 3.45. The fraction of sp³-hybridized carbons (Fsp3) is 0.583. The monoisotopic (exact) mass is 265 g/mol. The summed E-state index contributed by atoms with van der Waals surface area (Å²) in [5.74, 6) is -0.130.